The Hall–Kier alpha value is -2.17. The van der Waals surface area contributed by atoms with Crippen LogP contribution in [0.3, 0.4) is 0 Å². The van der Waals surface area contributed by atoms with Crippen LogP contribution in [0.4, 0.5) is 6.01 Å². The summed E-state index contributed by atoms with van der Waals surface area (Å²) in [7, 11) is 3.29. The number of nitrogens with zero attached hydrogens (tertiary/aromatic N) is 1. The van der Waals surface area contributed by atoms with Crippen molar-refractivity contribution in [1.29, 1.82) is 0 Å². The third-order valence-electron chi connectivity index (χ3n) is 3.06. The summed E-state index contributed by atoms with van der Waals surface area (Å²) in [6, 6.07) is 4.08. The van der Waals surface area contributed by atoms with E-state index in [9.17, 15) is 0 Å². The van der Waals surface area contributed by atoms with E-state index in [0.29, 0.717) is 6.42 Å². The first-order valence-corrected chi connectivity index (χ1v) is 5.98. The summed E-state index contributed by atoms with van der Waals surface area (Å²) in [5.74, 6) is 2.36. The maximum absolute atomic E-state index is 5.55. The molecule has 2 rings (SSSR count). The van der Waals surface area contributed by atoms with E-state index in [0.717, 1.165) is 34.1 Å². The van der Waals surface area contributed by atoms with Crippen molar-refractivity contribution in [2.75, 3.05) is 20.0 Å². The predicted octanol–water partition coefficient (Wildman–Crippen LogP) is 2.48. The van der Waals surface area contributed by atoms with E-state index < -0.39 is 0 Å². The largest absolute Gasteiger partial charge is 0.496 e. The van der Waals surface area contributed by atoms with Crippen LogP contribution in [0.1, 0.15) is 22.6 Å². The maximum atomic E-state index is 5.55. The Labute approximate surface area is 112 Å². The van der Waals surface area contributed by atoms with Gasteiger partial charge in [-0.15, -0.1) is 0 Å². The quantitative estimate of drug-likeness (QED) is 0.916. The number of rotatable bonds is 4. The normalized spacial score (nSPS) is 10.5. The first kappa shape index (κ1) is 13.3. The summed E-state index contributed by atoms with van der Waals surface area (Å²) < 4.78 is 16.1. The second-order valence-corrected chi connectivity index (χ2v) is 4.37. The molecule has 0 unspecified atom stereocenters. The lowest BCUT2D eigenvalue weighted by atomic mass is 10.0. The maximum Gasteiger partial charge on any atom is 0.292 e. The van der Waals surface area contributed by atoms with Gasteiger partial charge in [0.15, 0.2) is 0 Å². The number of aromatic nitrogens is 1. The molecule has 19 heavy (non-hydrogen) atoms. The van der Waals surface area contributed by atoms with Crippen LogP contribution in [-0.2, 0) is 6.42 Å². The second-order valence-electron chi connectivity index (χ2n) is 4.37. The summed E-state index contributed by atoms with van der Waals surface area (Å²) in [5.41, 5.74) is 8.34. The minimum Gasteiger partial charge on any atom is -0.496 e. The number of oxazole rings is 1. The SMILES string of the molecule is COc1cc(Cc2oc(N)nc2C)c(OC)cc1C. The minimum atomic E-state index is 0.186. The number of nitrogen functional groups attached to an aromatic ring is 1. The highest BCUT2D eigenvalue weighted by Gasteiger charge is 2.14. The summed E-state index contributed by atoms with van der Waals surface area (Å²) in [4.78, 5) is 4.06. The molecule has 0 atom stereocenters. The fourth-order valence-electron chi connectivity index (χ4n) is 2.04. The topological polar surface area (TPSA) is 70.5 Å². The van der Waals surface area contributed by atoms with Crippen LogP contribution in [0.2, 0.25) is 0 Å². The van der Waals surface area contributed by atoms with Gasteiger partial charge in [-0.1, -0.05) is 0 Å². The van der Waals surface area contributed by atoms with Crippen LogP contribution in [0.5, 0.6) is 11.5 Å². The molecule has 0 aliphatic rings. The molecule has 0 amide bonds. The van der Waals surface area contributed by atoms with Gasteiger partial charge in [-0.25, -0.2) is 0 Å². The summed E-state index contributed by atoms with van der Waals surface area (Å²) in [6.45, 7) is 3.84. The third kappa shape index (κ3) is 2.65. The van der Waals surface area contributed by atoms with E-state index in [2.05, 4.69) is 4.98 Å². The molecule has 2 N–H and O–H groups in total. The minimum absolute atomic E-state index is 0.186. The molecular formula is C14H18N2O3. The van der Waals surface area contributed by atoms with Crippen molar-refractivity contribution < 1.29 is 13.9 Å². The van der Waals surface area contributed by atoms with Gasteiger partial charge in [-0.05, 0) is 31.5 Å². The van der Waals surface area contributed by atoms with Gasteiger partial charge < -0.3 is 19.6 Å². The van der Waals surface area contributed by atoms with Crippen molar-refractivity contribution in [1.82, 2.24) is 4.98 Å². The molecule has 0 radical (unpaired) electrons. The second kappa shape index (κ2) is 5.22. The molecule has 2 aromatic rings. The van der Waals surface area contributed by atoms with Crippen LogP contribution < -0.4 is 15.2 Å². The molecule has 102 valence electrons. The smallest absolute Gasteiger partial charge is 0.292 e. The zero-order valence-corrected chi connectivity index (χ0v) is 11.6. The number of anilines is 1. The predicted molar refractivity (Wildman–Crippen MR) is 72.7 cm³/mol. The van der Waals surface area contributed by atoms with Crippen LogP contribution in [-0.4, -0.2) is 19.2 Å². The Balaban J connectivity index is 2.40. The van der Waals surface area contributed by atoms with Crippen LogP contribution >= 0.6 is 0 Å². The van der Waals surface area contributed by atoms with Crippen molar-refractivity contribution in [3.63, 3.8) is 0 Å². The Morgan fingerprint density at radius 3 is 2.37 bits per heavy atom. The highest BCUT2D eigenvalue weighted by Crippen LogP contribution is 2.30. The number of hydrogen-bond donors (Lipinski definition) is 1. The van der Waals surface area contributed by atoms with Gasteiger partial charge in [0.05, 0.1) is 19.9 Å². The number of nitrogens with two attached hydrogens (primary N) is 1. The molecule has 1 heterocycles. The fraction of sp³-hybridized carbons (Fsp3) is 0.357. The number of benzene rings is 1. The van der Waals surface area contributed by atoms with Crippen molar-refractivity contribution in [3.05, 3.63) is 34.7 Å². The highest BCUT2D eigenvalue weighted by molar-refractivity contribution is 5.47. The molecule has 1 aromatic carbocycles. The molecule has 0 spiro atoms. The Kier molecular flexibility index (Phi) is 3.64. The van der Waals surface area contributed by atoms with Crippen molar-refractivity contribution in [3.8, 4) is 11.5 Å². The monoisotopic (exact) mass is 262 g/mol. The van der Waals surface area contributed by atoms with Crippen LogP contribution in [0.25, 0.3) is 0 Å². The van der Waals surface area contributed by atoms with E-state index >= 15 is 0 Å². The fourth-order valence-corrected chi connectivity index (χ4v) is 2.04. The van der Waals surface area contributed by atoms with E-state index in [4.69, 9.17) is 19.6 Å². The highest BCUT2D eigenvalue weighted by atomic mass is 16.5. The lowest BCUT2D eigenvalue weighted by molar-refractivity contribution is 0.396. The van der Waals surface area contributed by atoms with Gasteiger partial charge in [0.25, 0.3) is 6.01 Å². The van der Waals surface area contributed by atoms with Gasteiger partial charge in [0.2, 0.25) is 0 Å². The molecule has 0 aliphatic carbocycles. The molecule has 0 bridgehead atoms. The Bertz CT molecular complexity index is 591. The zero-order chi connectivity index (χ0) is 14.0. The van der Waals surface area contributed by atoms with Crippen molar-refractivity contribution >= 4 is 6.01 Å². The summed E-state index contributed by atoms with van der Waals surface area (Å²) >= 11 is 0. The lowest BCUT2D eigenvalue weighted by Gasteiger charge is -2.12. The van der Waals surface area contributed by atoms with Gasteiger partial charge in [-0.2, -0.15) is 4.98 Å². The van der Waals surface area contributed by atoms with Gasteiger partial charge in [0.1, 0.15) is 17.3 Å². The van der Waals surface area contributed by atoms with Crippen LogP contribution in [0, 0.1) is 13.8 Å². The molecule has 5 nitrogen and oxygen atoms in total. The molecule has 1 aromatic heterocycles. The number of ether oxygens (including phenoxy) is 2. The summed E-state index contributed by atoms with van der Waals surface area (Å²) in [5, 5.41) is 0. The van der Waals surface area contributed by atoms with E-state index in [1.165, 1.54) is 0 Å². The first-order valence-electron chi connectivity index (χ1n) is 5.98. The average molecular weight is 262 g/mol. The van der Waals surface area contributed by atoms with E-state index in [-0.39, 0.29) is 6.01 Å². The van der Waals surface area contributed by atoms with Crippen LogP contribution in [0.15, 0.2) is 16.5 Å². The van der Waals surface area contributed by atoms with Gasteiger partial charge in [0, 0.05) is 12.0 Å². The Morgan fingerprint density at radius 1 is 1.16 bits per heavy atom. The molecule has 0 saturated carbocycles. The third-order valence-corrected chi connectivity index (χ3v) is 3.06. The van der Waals surface area contributed by atoms with Crippen molar-refractivity contribution in [2.24, 2.45) is 0 Å². The van der Waals surface area contributed by atoms with E-state index in [1.54, 1.807) is 14.2 Å². The zero-order valence-electron chi connectivity index (χ0n) is 11.6. The van der Waals surface area contributed by atoms with Gasteiger partial charge >= 0.3 is 0 Å². The molecule has 5 heteroatoms. The van der Waals surface area contributed by atoms with E-state index in [1.807, 2.05) is 26.0 Å². The molecule has 0 fully saturated rings. The molecule has 0 aliphatic heterocycles. The number of methoxy groups -OCH3 is 2. The number of hydrogen-bond acceptors (Lipinski definition) is 5. The average Bonchev–Trinajstić information content (AvgIpc) is 2.69. The van der Waals surface area contributed by atoms with Gasteiger partial charge in [-0.3, -0.25) is 0 Å². The molecular weight excluding hydrogens is 244 g/mol. The Morgan fingerprint density at radius 2 is 1.84 bits per heavy atom. The molecule has 0 saturated heterocycles. The first-order chi connectivity index (χ1) is 9.05. The standard InChI is InChI=1S/C14H18N2O3/c1-8-5-13(18-4)10(6-11(8)17-3)7-12-9(2)16-14(15)19-12/h5-6H,7H2,1-4H3,(H2,15,16). The summed E-state index contributed by atoms with van der Waals surface area (Å²) in [6.07, 6.45) is 0.565. The van der Waals surface area contributed by atoms with Crippen molar-refractivity contribution in [2.45, 2.75) is 20.3 Å². The lowest BCUT2D eigenvalue weighted by Crippen LogP contribution is -1.97. The number of aryl methyl sites for hydroxylation is 2.